The van der Waals surface area contributed by atoms with Gasteiger partial charge in [0.2, 0.25) is 5.88 Å². The SMILES string of the molecule is CC(C)[C@](C)(O)COc1cc(C(=O)N[C@@H](CC(=O)O)c2cccc(C#N)c2)nn1-c1ccccc1F. The summed E-state index contributed by atoms with van der Waals surface area (Å²) in [5.41, 5.74) is -0.578. The average Bonchev–Trinajstić information content (AvgIpc) is 3.26. The molecule has 0 saturated carbocycles. The summed E-state index contributed by atoms with van der Waals surface area (Å²) in [5, 5.41) is 35.9. The van der Waals surface area contributed by atoms with Crippen LogP contribution in [-0.4, -0.2) is 44.1 Å². The predicted molar refractivity (Wildman–Crippen MR) is 128 cm³/mol. The van der Waals surface area contributed by atoms with Crippen molar-refractivity contribution in [3.05, 3.63) is 77.2 Å². The van der Waals surface area contributed by atoms with Crippen molar-refractivity contribution in [1.29, 1.82) is 5.26 Å². The van der Waals surface area contributed by atoms with Crippen molar-refractivity contribution in [2.75, 3.05) is 6.61 Å². The first-order valence-corrected chi connectivity index (χ1v) is 11.2. The summed E-state index contributed by atoms with van der Waals surface area (Å²) in [5.74, 6) is -2.61. The fourth-order valence-corrected chi connectivity index (χ4v) is 3.24. The number of carboxylic acid groups (broad SMARTS) is 1. The number of para-hydroxylation sites is 1. The van der Waals surface area contributed by atoms with Crippen LogP contribution < -0.4 is 10.1 Å². The molecule has 0 spiro atoms. The number of nitrogens with one attached hydrogen (secondary N) is 1. The number of ether oxygens (including phenoxy) is 1. The van der Waals surface area contributed by atoms with Gasteiger partial charge in [0.15, 0.2) is 5.69 Å². The molecule has 0 aliphatic carbocycles. The number of aromatic nitrogens is 2. The maximum absolute atomic E-state index is 14.6. The molecule has 0 aliphatic rings. The van der Waals surface area contributed by atoms with Crippen LogP contribution in [0.3, 0.4) is 0 Å². The number of nitrogens with zero attached hydrogens (tertiary/aromatic N) is 3. The van der Waals surface area contributed by atoms with Crippen LogP contribution in [0, 0.1) is 23.1 Å². The first-order valence-electron chi connectivity index (χ1n) is 11.2. The lowest BCUT2D eigenvalue weighted by molar-refractivity contribution is -0.137. The van der Waals surface area contributed by atoms with Crippen molar-refractivity contribution in [3.63, 3.8) is 0 Å². The first kappa shape index (κ1) is 26.4. The highest BCUT2D eigenvalue weighted by molar-refractivity contribution is 5.93. The third kappa shape index (κ3) is 6.25. The number of aliphatic carboxylic acids is 1. The van der Waals surface area contributed by atoms with E-state index >= 15 is 0 Å². The third-order valence-electron chi connectivity index (χ3n) is 5.85. The zero-order chi connectivity index (χ0) is 26.5. The molecule has 2 aromatic carbocycles. The minimum absolute atomic E-state index is 0.0208. The molecule has 2 atom stereocenters. The largest absolute Gasteiger partial charge is 0.481 e. The van der Waals surface area contributed by atoms with E-state index in [-0.39, 0.29) is 29.8 Å². The number of nitriles is 1. The molecule has 0 unspecified atom stereocenters. The zero-order valence-electron chi connectivity index (χ0n) is 20.1. The topological polar surface area (TPSA) is 137 Å². The quantitative estimate of drug-likeness (QED) is 0.391. The molecule has 9 nitrogen and oxygen atoms in total. The Morgan fingerprint density at radius 2 is 1.94 bits per heavy atom. The molecule has 0 saturated heterocycles. The number of carboxylic acids is 1. The van der Waals surface area contributed by atoms with E-state index in [0.29, 0.717) is 11.1 Å². The Labute approximate surface area is 207 Å². The van der Waals surface area contributed by atoms with Crippen molar-refractivity contribution >= 4 is 11.9 Å². The van der Waals surface area contributed by atoms with E-state index in [1.807, 2.05) is 19.9 Å². The van der Waals surface area contributed by atoms with E-state index in [1.165, 1.54) is 30.3 Å². The Morgan fingerprint density at radius 3 is 2.58 bits per heavy atom. The van der Waals surface area contributed by atoms with Gasteiger partial charge in [0.05, 0.1) is 29.7 Å². The highest BCUT2D eigenvalue weighted by atomic mass is 19.1. The van der Waals surface area contributed by atoms with Crippen LogP contribution in [0.15, 0.2) is 54.6 Å². The Kier molecular flexibility index (Phi) is 8.07. The van der Waals surface area contributed by atoms with E-state index in [1.54, 1.807) is 31.2 Å². The Hall–Kier alpha value is -4.23. The smallest absolute Gasteiger partial charge is 0.305 e. The van der Waals surface area contributed by atoms with Gasteiger partial charge in [0, 0.05) is 6.07 Å². The number of hydrogen-bond acceptors (Lipinski definition) is 6. The van der Waals surface area contributed by atoms with Gasteiger partial charge in [-0.2, -0.15) is 15.0 Å². The van der Waals surface area contributed by atoms with Gasteiger partial charge in [-0.25, -0.2) is 4.39 Å². The monoisotopic (exact) mass is 494 g/mol. The number of carbonyl (C=O) groups excluding carboxylic acids is 1. The number of halogens is 1. The number of hydrogen-bond donors (Lipinski definition) is 3. The molecule has 1 aromatic heterocycles. The second-order valence-corrected chi connectivity index (χ2v) is 8.89. The molecule has 36 heavy (non-hydrogen) atoms. The number of amides is 1. The lowest BCUT2D eigenvalue weighted by Crippen LogP contribution is -2.38. The molecule has 0 bridgehead atoms. The summed E-state index contributed by atoms with van der Waals surface area (Å²) in [4.78, 5) is 24.6. The van der Waals surface area contributed by atoms with E-state index in [2.05, 4.69) is 10.4 Å². The molecule has 0 aliphatic heterocycles. The van der Waals surface area contributed by atoms with Crippen LogP contribution in [0.2, 0.25) is 0 Å². The lowest BCUT2D eigenvalue weighted by Gasteiger charge is -2.27. The molecule has 3 aromatic rings. The number of benzene rings is 2. The maximum atomic E-state index is 14.6. The molecule has 0 radical (unpaired) electrons. The summed E-state index contributed by atoms with van der Waals surface area (Å²) in [7, 11) is 0. The summed E-state index contributed by atoms with van der Waals surface area (Å²) in [6.07, 6.45) is -0.435. The van der Waals surface area contributed by atoms with Gasteiger partial charge in [0.25, 0.3) is 5.91 Å². The highest BCUT2D eigenvalue weighted by Gasteiger charge is 2.28. The molecule has 3 rings (SSSR count). The van der Waals surface area contributed by atoms with Crippen molar-refractivity contribution in [2.45, 2.75) is 38.8 Å². The van der Waals surface area contributed by atoms with Gasteiger partial charge >= 0.3 is 5.97 Å². The molecule has 3 N–H and O–H groups in total. The van der Waals surface area contributed by atoms with Crippen molar-refractivity contribution in [1.82, 2.24) is 15.1 Å². The minimum atomic E-state index is -1.20. The number of rotatable bonds is 10. The van der Waals surface area contributed by atoms with E-state index < -0.39 is 35.8 Å². The molecular formula is C26H27FN4O5. The van der Waals surface area contributed by atoms with Gasteiger partial charge in [-0.15, -0.1) is 0 Å². The summed E-state index contributed by atoms with van der Waals surface area (Å²) in [6.45, 7) is 5.09. The second-order valence-electron chi connectivity index (χ2n) is 8.89. The Morgan fingerprint density at radius 1 is 1.22 bits per heavy atom. The van der Waals surface area contributed by atoms with E-state index in [0.717, 1.165) is 4.68 Å². The lowest BCUT2D eigenvalue weighted by atomic mass is 9.94. The van der Waals surface area contributed by atoms with Gasteiger partial charge in [-0.05, 0) is 42.7 Å². The Bertz CT molecular complexity index is 1300. The fraction of sp³-hybridized carbons (Fsp3) is 0.308. The minimum Gasteiger partial charge on any atom is -0.481 e. The number of aliphatic hydroxyl groups is 1. The van der Waals surface area contributed by atoms with Gasteiger partial charge < -0.3 is 20.3 Å². The van der Waals surface area contributed by atoms with E-state index in [9.17, 15) is 24.2 Å². The standard InChI is InChI=1S/C26H27FN4O5/c1-16(2)26(3,35)15-36-23-12-21(30-31(23)22-10-5-4-9-19(22)27)25(34)29-20(13-24(32)33)18-8-6-7-17(11-18)14-28/h4-12,16,20,35H,13,15H2,1-3H3,(H,29,34)(H,32,33)/t20-,26+/m0/s1. The molecular weight excluding hydrogens is 467 g/mol. The zero-order valence-corrected chi connectivity index (χ0v) is 20.1. The van der Waals surface area contributed by atoms with Gasteiger partial charge in [-0.3, -0.25) is 9.59 Å². The normalized spacial score (nSPS) is 13.5. The van der Waals surface area contributed by atoms with E-state index in [4.69, 9.17) is 10.00 Å². The number of carbonyl (C=O) groups is 2. The average molecular weight is 495 g/mol. The van der Waals surface area contributed by atoms with Crippen molar-refractivity contribution in [2.24, 2.45) is 5.92 Å². The highest BCUT2D eigenvalue weighted by Crippen LogP contribution is 2.25. The van der Waals surface area contributed by atoms with Crippen LogP contribution in [0.4, 0.5) is 4.39 Å². The fourth-order valence-electron chi connectivity index (χ4n) is 3.24. The maximum Gasteiger partial charge on any atom is 0.305 e. The van der Waals surface area contributed by atoms with Crippen LogP contribution in [0.5, 0.6) is 5.88 Å². The summed E-state index contributed by atoms with van der Waals surface area (Å²) in [6, 6.07) is 14.4. The first-order chi connectivity index (χ1) is 17.0. The Balaban J connectivity index is 1.96. The molecule has 0 fully saturated rings. The van der Waals surface area contributed by atoms with Crippen LogP contribution in [0.25, 0.3) is 5.69 Å². The van der Waals surface area contributed by atoms with Crippen LogP contribution >= 0.6 is 0 Å². The summed E-state index contributed by atoms with van der Waals surface area (Å²) >= 11 is 0. The summed E-state index contributed by atoms with van der Waals surface area (Å²) < 4.78 is 21.4. The van der Waals surface area contributed by atoms with Crippen molar-refractivity contribution in [3.8, 4) is 17.6 Å². The van der Waals surface area contributed by atoms with Crippen LogP contribution in [-0.2, 0) is 4.79 Å². The van der Waals surface area contributed by atoms with Gasteiger partial charge in [-0.1, -0.05) is 38.1 Å². The molecule has 188 valence electrons. The third-order valence-corrected chi connectivity index (χ3v) is 5.85. The molecule has 10 heteroatoms. The second kappa shape index (κ2) is 11.0. The predicted octanol–water partition coefficient (Wildman–Crippen LogP) is 3.61. The van der Waals surface area contributed by atoms with Crippen LogP contribution in [0.1, 0.15) is 54.8 Å². The molecule has 1 heterocycles. The molecule has 1 amide bonds. The van der Waals surface area contributed by atoms with Gasteiger partial charge in [0.1, 0.15) is 18.1 Å². The van der Waals surface area contributed by atoms with Crippen molar-refractivity contribution < 1.29 is 28.9 Å².